The summed E-state index contributed by atoms with van der Waals surface area (Å²) in [6, 6.07) is 14.4. The highest BCUT2D eigenvalue weighted by Gasteiger charge is 2.10. The van der Waals surface area contributed by atoms with Crippen LogP contribution in [0.1, 0.15) is 6.42 Å². The van der Waals surface area contributed by atoms with Gasteiger partial charge in [-0.15, -0.1) is 0 Å². The monoisotopic (exact) mass is 377 g/mol. The topological polar surface area (TPSA) is 102 Å². The Kier molecular flexibility index (Phi) is 4.76. The van der Waals surface area contributed by atoms with Crippen LogP contribution in [-0.4, -0.2) is 31.8 Å². The van der Waals surface area contributed by atoms with E-state index in [4.69, 9.17) is 0 Å². The first-order chi connectivity index (χ1) is 13.6. The predicted octanol–water partition coefficient (Wildman–Crippen LogP) is 1.25. The van der Waals surface area contributed by atoms with E-state index in [2.05, 4.69) is 15.4 Å². The quantitative estimate of drug-likeness (QED) is 0.494. The zero-order chi connectivity index (χ0) is 19.5. The van der Waals surface area contributed by atoms with Gasteiger partial charge in [0.1, 0.15) is 6.54 Å². The van der Waals surface area contributed by atoms with Gasteiger partial charge in [-0.2, -0.15) is 0 Å². The molecule has 2 N–H and O–H groups in total. The Labute approximate surface area is 159 Å². The average molecular weight is 377 g/mol. The number of amides is 1. The molecule has 28 heavy (non-hydrogen) atoms. The Morgan fingerprint density at radius 1 is 1.04 bits per heavy atom. The number of hydrogen-bond donors (Lipinski definition) is 2. The molecule has 0 radical (unpaired) electrons. The number of benzene rings is 2. The van der Waals surface area contributed by atoms with E-state index in [-0.39, 0.29) is 12.5 Å². The van der Waals surface area contributed by atoms with Crippen LogP contribution in [0.4, 0.5) is 0 Å². The van der Waals surface area contributed by atoms with Crippen molar-refractivity contribution < 1.29 is 4.79 Å². The number of aromatic amines is 1. The number of fused-ring (bicyclic) bond motifs is 2. The lowest BCUT2D eigenvalue weighted by atomic mass is 10.2. The van der Waals surface area contributed by atoms with Gasteiger partial charge < -0.3 is 9.88 Å². The average Bonchev–Trinajstić information content (AvgIpc) is 3.12. The van der Waals surface area contributed by atoms with Crippen LogP contribution < -0.4 is 16.4 Å². The Morgan fingerprint density at radius 3 is 2.64 bits per heavy atom. The molecular weight excluding hydrogens is 358 g/mol. The zero-order valence-corrected chi connectivity index (χ0v) is 15.1. The minimum Gasteiger partial charge on any atom is -0.354 e. The maximum Gasteiger partial charge on any atom is 0.273 e. The van der Waals surface area contributed by atoms with Crippen molar-refractivity contribution in [1.82, 2.24) is 24.6 Å². The lowest BCUT2D eigenvalue weighted by Crippen LogP contribution is -2.37. The number of carbonyl (C=O) groups is 1. The van der Waals surface area contributed by atoms with Gasteiger partial charge in [-0.3, -0.25) is 19.5 Å². The molecule has 8 heteroatoms. The van der Waals surface area contributed by atoms with Gasteiger partial charge >= 0.3 is 0 Å². The van der Waals surface area contributed by atoms with Gasteiger partial charge in [0, 0.05) is 13.1 Å². The molecule has 2 aromatic carbocycles. The van der Waals surface area contributed by atoms with Crippen LogP contribution in [0.15, 0.2) is 64.4 Å². The molecule has 0 spiro atoms. The number of aromatic nitrogens is 4. The predicted molar refractivity (Wildman–Crippen MR) is 106 cm³/mol. The Bertz CT molecular complexity index is 1270. The summed E-state index contributed by atoms with van der Waals surface area (Å²) < 4.78 is 3.08. The number of nitrogens with zero attached hydrogens (tertiary/aromatic N) is 3. The summed E-state index contributed by atoms with van der Waals surface area (Å²) >= 11 is 0. The van der Waals surface area contributed by atoms with Crippen LogP contribution in [0.2, 0.25) is 0 Å². The van der Waals surface area contributed by atoms with Gasteiger partial charge in [0.25, 0.3) is 11.1 Å². The summed E-state index contributed by atoms with van der Waals surface area (Å²) in [5.74, 6) is -0.330. The fourth-order valence-electron chi connectivity index (χ4n) is 3.22. The Hall–Kier alpha value is -3.68. The first-order valence-electron chi connectivity index (χ1n) is 9.02. The van der Waals surface area contributed by atoms with Crippen LogP contribution in [0.5, 0.6) is 0 Å². The first kappa shape index (κ1) is 17.7. The molecule has 1 amide bonds. The number of imidazole rings is 1. The maximum atomic E-state index is 12.4. The van der Waals surface area contributed by atoms with Crippen molar-refractivity contribution in [2.75, 3.05) is 6.54 Å². The smallest absolute Gasteiger partial charge is 0.273 e. The number of carbonyl (C=O) groups excluding carboxylic acids is 1. The fourth-order valence-corrected chi connectivity index (χ4v) is 3.22. The van der Waals surface area contributed by atoms with Gasteiger partial charge in [-0.05, 0) is 30.7 Å². The van der Waals surface area contributed by atoms with Gasteiger partial charge in [0.15, 0.2) is 0 Å². The minimum absolute atomic E-state index is 0.229. The number of rotatable bonds is 6. The number of hydrogen-bond acceptors (Lipinski definition) is 4. The zero-order valence-electron chi connectivity index (χ0n) is 15.1. The van der Waals surface area contributed by atoms with E-state index in [1.165, 1.54) is 0 Å². The third-order valence-corrected chi connectivity index (χ3v) is 4.61. The van der Waals surface area contributed by atoms with Crippen molar-refractivity contribution >= 4 is 27.7 Å². The van der Waals surface area contributed by atoms with Gasteiger partial charge in [0.05, 0.1) is 28.1 Å². The Morgan fingerprint density at radius 2 is 1.79 bits per heavy atom. The molecule has 0 saturated heterocycles. The van der Waals surface area contributed by atoms with E-state index in [1.807, 2.05) is 28.8 Å². The highest BCUT2D eigenvalue weighted by atomic mass is 16.2. The van der Waals surface area contributed by atoms with E-state index >= 15 is 0 Å². The lowest BCUT2D eigenvalue weighted by Gasteiger charge is -2.09. The molecule has 8 nitrogen and oxygen atoms in total. The number of aryl methyl sites for hydroxylation is 1. The normalized spacial score (nSPS) is 11.1. The molecule has 0 aliphatic heterocycles. The van der Waals surface area contributed by atoms with Crippen LogP contribution in [0.3, 0.4) is 0 Å². The van der Waals surface area contributed by atoms with Gasteiger partial charge in [-0.25, -0.2) is 9.67 Å². The molecule has 0 saturated carbocycles. The van der Waals surface area contributed by atoms with Crippen LogP contribution in [0.25, 0.3) is 21.8 Å². The van der Waals surface area contributed by atoms with Crippen molar-refractivity contribution in [3.05, 3.63) is 75.6 Å². The third-order valence-electron chi connectivity index (χ3n) is 4.61. The second kappa shape index (κ2) is 7.51. The summed E-state index contributed by atoms with van der Waals surface area (Å²) in [6.07, 6.45) is 2.50. The van der Waals surface area contributed by atoms with Crippen LogP contribution >= 0.6 is 0 Å². The van der Waals surface area contributed by atoms with Gasteiger partial charge in [-0.1, -0.05) is 24.3 Å². The molecule has 0 atom stereocenters. The van der Waals surface area contributed by atoms with E-state index in [0.29, 0.717) is 23.9 Å². The Balaban J connectivity index is 1.36. The summed E-state index contributed by atoms with van der Waals surface area (Å²) in [5.41, 5.74) is 1.20. The SMILES string of the molecule is O=C(Cn1[nH]c(=O)c2ccccc2c1=O)NCCCn1cnc2ccccc21. The molecule has 0 fully saturated rings. The summed E-state index contributed by atoms with van der Waals surface area (Å²) in [6.45, 7) is 0.943. The van der Waals surface area contributed by atoms with E-state index in [0.717, 1.165) is 22.1 Å². The maximum absolute atomic E-state index is 12.4. The van der Waals surface area contributed by atoms with Crippen molar-refractivity contribution in [3.63, 3.8) is 0 Å². The molecule has 4 aromatic rings. The number of para-hydroxylation sites is 2. The highest BCUT2D eigenvalue weighted by molar-refractivity contribution is 5.81. The summed E-state index contributed by atoms with van der Waals surface area (Å²) in [5, 5.41) is 5.85. The van der Waals surface area contributed by atoms with E-state index < -0.39 is 11.1 Å². The van der Waals surface area contributed by atoms with Crippen LogP contribution in [-0.2, 0) is 17.9 Å². The minimum atomic E-state index is -0.394. The molecule has 0 unspecified atom stereocenters. The molecule has 4 rings (SSSR count). The second-order valence-corrected chi connectivity index (χ2v) is 6.51. The first-order valence-corrected chi connectivity index (χ1v) is 9.02. The van der Waals surface area contributed by atoms with E-state index in [1.54, 1.807) is 30.6 Å². The summed E-state index contributed by atoms with van der Waals surface area (Å²) in [4.78, 5) is 41.0. The van der Waals surface area contributed by atoms with Crippen molar-refractivity contribution in [2.24, 2.45) is 0 Å². The highest BCUT2D eigenvalue weighted by Crippen LogP contribution is 2.11. The number of H-pyrrole nitrogens is 1. The molecular formula is C20H19N5O3. The second-order valence-electron chi connectivity index (χ2n) is 6.51. The van der Waals surface area contributed by atoms with Crippen molar-refractivity contribution in [3.8, 4) is 0 Å². The molecule has 0 aliphatic carbocycles. The fraction of sp³-hybridized carbons (Fsp3) is 0.200. The summed E-state index contributed by atoms with van der Waals surface area (Å²) in [7, 11) is 0. The van der Waals surface area contributed by atoms with E-state index in [9.17, 15) is 14.4 Å². The molecule has 142 valence electrons. The number of nitrogens with one attached hydrogen (secondary N) is 2. The van der Waals surface area contributed by atoms with Gasteiger partial charge in [0.2, 0.25) is 5.91 Å². The molecule has 2 aromatic heterocycles. The largest absolute Gasteiger partial charge is 0.354 e. The third kappa shape index (κ3) is 3.44. The standard InChI is InChI=1S/C20H19N5O3/c26-18(12-25-20(28)15-7-2-1-6-14(15)19(27)23-25)21-10-5-11-24-13-22-16-8-3-4-9-17(16)24/h1-4,6-9,13H,5,10-12H2,(H,21,26)(H,23,27). The van der Waals surface area contributed by atoms with Crippen molar-refractivity contribution in [2.45, 2.75) is 19.5 Å². The molecule has 0 bridgehead atoms. The van der Waals surface area contributed by atoms with Crippen molar-refractivity contribution in [1.29, 1.82) is 0 Å². The van der Waals surface area contributed by atoms with Crippen LogP contribution in [0, 0.1) is 0 Å². The molecule has 2 heterocycles. The molecule has 0 aliphatic rings. The lowest BCUT2D eigenvalue weighted by molar-refractivity contribution is -0.121.